The number of ether oxygens (including phenoxy) is 1. The maximum atomic E-state index is 9.47. The lowest BCUT2D eigenvalue weighted by molar-refractivity contribution is -0.142. The van der Waals surface area contributed by atoms with Crippen molar-refractivity contribution in [2.75, 3.05) is 13.2 Å². The van der Waals surface area contributed by atoms with Crippen LogP contribution in [0.4, 0.5) is 0 Å². The highest BCUT2D eigenvalue weighted by Gasteiger charge is 2.30. The minimum atomic E-state index is -1.61. The standard InChI is InChI=1S/C10H22O6.CH4/c1-10(2,3)16-5-7(13)9(15)8(14)6(12)4-11;/h6-9,11-15H,4-5H2,1-3H3;1H4. The molecule has 0 aliphatic carbocycles. The molecule has 0 aliphatic heterocycles. The summed E-state index contributed by atoms with van der Waals surface area (Å²) >= 11 is 0. The Bertz CT molecular complexity index is 191. The fraction of sp³-hybridized carbons (Fsp3) is 1.00. The first-order chi connectivity index (χ1) is 7.19. The summed E-state index contributed by atoms with van der Waals surface area (Å²) in [6.45, 7) is 4.49. The molecule has 6 heteroatoms. The van der Waals surface area contributed by atoms with E-state index in [0.717, 1.165) is 0 Å². The summed E-state index contributed by atoms with van der Waals surface area (Å²) in [4.78, 5) is 0. The van der Waals surface area contributed by atoms with Crippen LogP contribution in [0.3, 0.4) is 0 Å². The first kappa shape index (κ1) is 19.1. The van der Waals surface area contributed by atoms with Crippen molar-refractivity contribution < 1.29 is 30.3 Å². The summed E-state index contributed by atoms with van der Waals surface area (Å²) in [6.07, 6.45) is -5.98. The van der Waals surface area contributed by atoms with Gasteiger partial charge < -0.3 is 30.3 Å². The van der Waals surface area contributed by atoms with Gasteiger partial charge in [-0.1, -0.05) is 7.43 Å². The van der Waals surface area contributed by atoms with Crippen LogP contribution in [-0.4, -0.2) is 68.8 Å². The van der Waals surface area contributed by atoms with Gasteiger partial charge in [-0.3, -0.25) is 0 Å². The molecule has 0 fully saturated rings. The predicted molar refractivity (Wildman–Crippen MR) is 63.5 cm³/mol. The van der Waals surface area contributed by atoms with Crippen LogP contribution in [-0.2, 0) is 4.74 Å². The summed E-state index contributed by atoms with van der Waals surface area (Å²) in [7, 11) is 0. The molecular weight excluding hydrogens is 228 g/mol. The van der Waals surface area contributed by atoms with Gasteiger partial charge in [0.05, 0.1) is 18.8 Å². The first-order valence-corrected chi connectivity index (χ1v) is 5.16. The lowest BCUT2D eigenvalue weighted by Crippen LogP contribution is -2.48. The van der Waals surface area contributed by atoms with Crippen LogP contribution in [0.15, 0.2) is 0 Å². The summed E-state index contributed by atoms with van der Waals surface area (Å²) in [5.74, 6) is 0. The van der Waals surface area contributed by atoms with Crippen molar-refractivity contribution in [1.82, 2.24) is 0 Å². The topological polar surface area (TPSA) is 110 Å². The SMILES string of the molecule is C.CC(C)(C)OCC(O)C(O)C(O)C(O)CO. The van der Waals surface area contributed by atoms with E-state index in [1.54, 1.807) is 20.8 Å². The fourth-order valence-electron chi connectivity index (χ4n) is 0.997. The molecule has 0 aromatic carbocycles. The van der Waals surface area contributed by atoms with E-state index in [4.69, 9.17) is 14.9 Å². The van der Waals surface area contributed by atoms with Crippen molar-refractivity contribution in [3.05, 3.63) is 0 Å². The van der Waals surface area contributed by atoms with E-state index in [1.807, 2.05) is 0 Å². The van der Waals surface area contributed by atoms with E-state index in [2.05, 4.69) is 0 Å². The van der Waals surface area contributed by atoms with Gasteiger partial charge in [-0.05, 0) is 20.8 Å². The number of hydrogen-bond acceptors (Lipinski definition) is 6. The summed E-state index contributed by atoms with van der Waals surface area (Å²) in [5.41, 5.74) is -0.471. The highest BCUT2D eigenvalue weighted by atomic mass is 16.5. The Morgan fingerprint density at radius 3 is 1.71 bits per heavy atom. The summed E-state index contributed by atoms with van der Waals surface area (Å²) in [6, 6.07) is 0. The van der Waals surface area contributed by atoms with Crippen LogP contribution in [0.2, 0.25) is 0 Å². The maximum Gasteiger partial charge on any atom is 0.111 e. The van der Waals surface area contributed by atoms with Gasteiger partial charge in [0.1, 0.15) is 24.4 Å². The van der Waals surface area contributed by atoms with E-state index in [0.29, 0.717) is 0 Å². The lowest BCUT2D eigenvalue weighted by atomic mass is 10.0. The third kappa shape index (κ3) is 7.64. The summed E-state index contributed by atoms with van der Waals surface area (Å²) < 4.78 is 5.21. The fourth-order valence-corrected chi connectivity index (χ4v) is 0.997. The average Bonchev–Trinajstić information content (AvgIpc) is 2.21. The largest absolute Gasteiger partial charge is 0.394 e. The van der Waals surface area contributed by atoms with Gasteiger partial charge in [0, 0.05) is 0 Å². The second kappa shape index (κ2) is 7.97. The zero-order valence-electron chi connectivity index (χ0n) is 9.87. The molecule has 5 N–H and O–H groups in total. The summed E-state index contributed by atoms with van der Waals surface area (Å²) in [5, 5.41) is 45.8. The monoisotopic (exact) mass is 254 g/mol. The van der Waals surface area contributed by atoms with Crippen molar-refractivity contribution in [3.63, 3.8) is 0 Å². The molecule has 0 aromatic heterocycles. The van der Waals surface area contributed by atoms with Gasteiger partial charge in [0.15, 0.2) is 0 Å². The number of rotatable bonds is 6. The molecule has 0 aliphatic rings. The Labute approximate surface area is 102 Å². The molecule has 0 bridgehead atoms. The average molecular weight is 254 g/mol. The Hall–Kier alpha value is -0.240. The molecule has 0 saturated carbocycles. The van der Waals surface area contributed by atoms with Crippen LogP contribution in [0, 0.1) is 0 Å². The molecule has 0 saturated heterocycles. The van der Waals surface area contributed by atoms with Crippen molar-refractivity contribution >= 4 is 0 Å². The van der Waals surface area contributed by atoms with Gasteiger partial charge in [-0.15, -0.1) is 0 Å². The predicted octanol–water partition coefficient (Wildman–Crippen LogP) is -1.13. The van der Waals surface area contributed by atoms with E-state index >= 15 is 0 Å². The second-order valence-corrected chi connectivity index (χ2v) is 4.72. The lowest BCUT2D eigenvalue weighted by Gasteiger charge is -2.28. The van der Waals surface area contributed by atoms with Gasteiger partial charge in [0.25, 0.3) is 0 Å². The van der Waals surface area contributed by atoms with E-state index in [-0.39, 0.29) is 14.0 Å². The van der Waals surface area contributed by atoms with Crippen molar-refractivity contribution in [1.29, 1.82) is 0 Å². The molecule has 0 aromatic rings. The quantitative estimate of drug-likeness (QED) is 0.410. The van der Waals surface area contributed by atoms with Crippen molar-refractivity contribution in [3.8, 4) is 0 Å². The van der Waals surface area contributed by atoms with Crippen LogP contribution >= 0.6 is 0 Å². The molecule has 6 nitrogen and oxygen atoms in total. The molecule has 4 atom stereocenters. The number of aliphatic hydroxyl groups excluding tert-OH is 5. The zero-order chi connectivity index (χ0) is 12.9. The molecule has 0 radical (unpaired) electrons. The Morgan fingerprint density at radius 1 is 0.941 bits per heavy atom. The third-order valence-corrected chi connectivity index (χ3v) is 2.01. The van der Waals surface area contributed by atoms with Crippen LogP contribution in [0.25, 0.3) is 0 Å². The van der Waals surface area contributed by atoms with Gasteiger partial charge in [-0.25, -0.2) is 0 Å². The van der Waals surface area contributed by atoms with Crippen LogP contribution in [0.5, 0.6) is 0 Å². The number of hydrogen-bond donors (Lipinski definition) is 5. The molecule has 0 rings (SSSR count). The normalized spacial score (nSPS) is 19.1. The molecular formula is C11H26O6. The van der Waals surface area contributed by atoms with E-state index < -0.39 is 36.6 Å². The Kier molecular flexibility index (Phi) is 8.95. The molecule has 0 amide bonds. The Morgan fingerprint density at radius 2 is 1.35 bits per heavy atom. The smallest absolute Gasteiger partial charge is 0.111 e. The molecule has 0 spiro atoms. The molecule has 0 heterocycles. The molecule has 17 heavy (non-hydrogen) atoms. The third-order valence-electron chi connectivity index (χ3n) is 2.01. The van der Waals surface area contributed by atoms with Crippen LogP contribution < -0.4 is 0 Å². The molecule has 4 unspecified atom stereocenters. The van der Waals surface area contributed by atoms with E-state index in [1.165, 1.54) is 0 Å². The Balaban J connectivity index is 0. The van der Waals surface area contributed by atoms with Crippen molar-refractivity contribution in [2.45, 2.75) is 58.2 Å². The minimum absolute atomic E-state index is 0. The number of aliphatic hydroxyl groups is 5. The first-order valence-electron chi connectivity index (χ1n) is 5.16. The molecule has 106 valence electrons. The highest BCUT2D eigenvalue weighted by Crippen LogP contribution is 2.11. The van der Waals surface area contributed by atoms with Gasteiger partial charge >= 0.3 is 0 Å². The zero-order valence-corrected chi connectivity index (χ0v) is 9.87. The van der Waals surface area contributed by atoms with Crippen LogP contribution in [0.1, 0.15) is 28.2 Å². The highest BCUT2D eigenvalue weighted by molar-refractivity contribution is 4.80. The van der Waals surface area contributed by atoms with Gasteiger partial charge in [0.2, 0.25) is 0 Å². The van der Waals surface area contributed by atoms with E-state index in [9.17, 15) is 15.3 Å². The van der Waals surface area contributed by atoms with Crippen molar-refractivity contribution in [2.24, 2.45) is 0 Å². The second-order valence-electron chi connectivity index (χ2n) is 4.72. The van der Waals surface area contributed by atoms with Gasteiger partial charge in [-0.2, -0.15) is 0 Å². The minimum Gasteiger partial charge on any atom is -0.394 e. The maximum absolute atomic E-state index is 9.47.